The van der Waals surface area contributed by atoms with Crippen LogP contribution >= 0.6 is 15.9 Å². The topological polar surface area (TPSA) is 74.2 Å². The van der Waals surface area contributed by atoms with E-state index in [1.165, 1.54) is 0 Å². The predicted molar refractivity (Wildman–Crippen MR) is 84.2 cm³/mol. The number of hydrogen-bond acceptors (Lipinski definition) is 5. The lowest BCUT2D eigenvalue weighted by atomic mass is 10.1. The highest BCUT2D eigenvalue weighted by molar-refractivity contribution is 9.10. The van der Waals surface area contributed by atoms with E-state index in [1.54, 1.807) is 0 Å². The van der Waals surface area contributed by atoms with Gasteiger partial charge in [0.1, 0.15) is 5.75 Å². The number of hydrogen-bond donors (Lipinski definition) is 1. The number of ether oxygens (including phenoxy) is 1. The van der Waals surface area contributed by atoms with Crippen LogP contribution in [0.25, 0.3) is 0 Å². The standard InChI is InChI=1S/C15H20BrN3O2/c1-9(2)15-18-13(21-19-15)8-20-14-11(7-10(3)17)5-4-6-12(14)16/h4-6,9-10H,7-8,17H2,1-3H3. The molecule has 5 nitrogen and oxygen atoms in total. The average Bonchev–Trinajstić information content (AvgIpc) is 2.86. The summed E-state index contributed by atoms with van der Waals surface area (Å²) in [4.78, 5) is 4.30. The van der Waals surface area contributed by atoms with Crippen molar-refractivity contribution in [1.29, 1.82) is 0 Å². The molecular formula is C15H20BrN3O2. The molecule has 1 atom stereocenters. The summed E-state index contributed by atoms with van der Waals surface area (Å²) in [5.41, 5.74) is 6.93. The van der Waals surface area contributed by atoms with E-state index >= 15 is 0 Å². The fraction of sp³-hybridized carbons (Fsp3) is 0.467. The molecule has 1 heterocycles. The summed E-state index contributed by atoms with van der Waals surface area (Å²) in [7, 11) is 0. The Morgan fingerprint density at radius 3 is 2.71 bits per heavy atom. The molecule has 0 aliphatic carbocycles. The lowest BCUT2D eigenvalue weighted by Crippen LogP contribution is -2.18. The molecule has 0 radical (unpaired) electrons. The van der Waals surface area contributed by atoms with E-state index in [0.29, 0.717) is 11.7 Å². The number of para-hydroxylation sites is 1. The zero-order chi connectivity index (χ0) is 15.4. The van der Waals surface area contributed by atoms with E-state index in [9.17, 15) is 0 Å². The molecule has 0 saturated carbocycles. The van der Waals surface area contributed by atoms with Crippen LogP contribution in [-0.2, 0) is 13.0 Å². The van der Waals surface area contributed by atoms with Crippen LogP contribution in [0.2, 0.25) is 0 Å². The highest BCUT2D eigenvalue weighted by Gasteiger charge is 2.13. The molecule has 1 unspecified atom stereocenters. The maximum atomic E-state index is 5.88. The second kappa shape index (κ2) is 7.04. The number of aromatic nitrogens is 2. The quantitative estimate of drug-likeness (QED) is 0.860. The third-order valence-corrected chi connectivity index (χ3v) is 3.56. The molecule has 2 N–H and O–H groups in total. The molecular weight excluding hydrogens is 334 g/mol. The predicted octanol–water partition coefficient (Wildman–Crippen LogP) is 3.42. The van der Waals surface area contributed by atoms with E-state index in [1.807, 2.05) is 39.0 Å². The van der Waals surface area contributed by atoms with Gasteiger partial charge in [0, 0.05) is 12.0 Å². The fourth-order valence-electron chi connectivity index (χ4n) is 1.92. The van der Waals surface area contributed by atoms with E-state index < -0.39 is 0 Å². The summed E-state index contributed by atoms with van der Waals surface area (Å²) >= 11 is 3.51. The Kier molecular flexibility index (Phi) is 5.36. The molecule has 0 spiro atoms. The van der Waals surface area contributed by atoms with Gasteiger partial charge in [0.25, 0.3) is 5.89 Å². The monoisotopic (exact) mass is 353 g/mol. The van der Waals surface area contributed by atoms with Gasteiger partial charge in [-0.25, -0.2) is 0 Å². The Bertz CT molecular complexity index is 596. The van der Waals surface area contributed by atoms with Crippen molar-refractivity contribution in [2.45, 2.75) is 45.8 Å². The summed E-state index contributed by atoms with van der Waals surface area (Å²) < 4.78 is 11.9. The zero-order valence-corrected chi connectivity index (χ0v) is 14.1. The molecule has 1 aromatic carbocycles. The first-order valence-corrected chi connectivity index (χ1v) is 7.75. The van der Waals surface area contributed by atoms with E-state index in [2.05, 4.69) is 26.1 Å². The summed E-state index contributed by atoms with van der Waals surface area (Å²) in [5, 5.41) is 3.92. The molecule has 0 bridgehead atoms. The highest BCUT2D eigenvalue weighted by Crippen LogP contribution is 2.30. The number of nitrogens with two attached hydrogens (primary N) is 1. The number of rotatable bonds is 6. The maximum absolute atomic E-state index is 5.88. The van der Waals surface area contributed by atoms with Crippen molar-refractivity contribution in [3.63, 3.8) is 0 Å². The van der Waals surface area contributed by atoms with Gasteiger partial charge in [-0.1, -0.05) is 31.1 Å². The molecule has 6 heteroatoms. The van der Waals surface area contributed by atoms with Crippen LogP contribution in [-0.4, -0.2) is 16.2 Å². The lowest BCUT2D eigenvalue weighted by Gasteiger charge is -2.13. The van der Waals surface area contributed by atoms with E-state index in [-0.39, 0.29) is 18.6 Å². The van der Waals surface area contributed by atoms with Crippen molar-refractivity contribution in [3.05, 3.63) is 40.0 Å². The highest BCUT2D eigenvalue weighted by atomic mass is 79.9. The number of halogens is 1. The molecule has 2 rings (SSSR count). The molecule has 0 aliphatic rings. The van der Waals surface area contributed by atoms with Gasteiger partial charge in [0.2, 0.25) is 0 Å². The van der Waals surface area contributed by atoms with Crippen LogP contribution in [0.4, 0.5) is 0 Å². The molecule has 1 aromatic heterocycles. The van der Waals surface area contributed by atoms with Crippen molar-refractivity contribution in [1.82, 2.24) is 10.1 Å². The van der Waals surface area contributed by atoms with Crippen molar-refractivity contribution in [2.24, 2.45) is 5.73 Å². The van der Waals surface area contributed by atoms with Crippen molar-refractivity contribution < 1.29 is 9.26 Å². The van der Waals surface area contributed by atoms with Gasteiger partial charge in [-0.05, 0) is 40.9 Å². The summed E-state index contributed by atoms with van der Waals surface area (Å²) in [6, 6.07) is 5.99. The Morgan fingerprint density at radius 1 is 1.33 bits per heavy atom. The van der Waals surface area contributed by atoms with Crippen molar-refractivity contribution >= 4 is 15.9 Å². The van der Waals surface area contributed by atoms with Gasteiger partial charge in [0.15, 0.2) is 12.4 Å². The number of nitrogens with zero attached hydrogens (tertiary/aromatic N) is 2. The Balaban J connectivity index is 2.11. The summed E-state index contributed by atoms with van der Waals surface area (Å²) in [5.74, 6) is 2.18. The largest absolute Gasteiger partial charge is 0.482 e. The van der Waals surface area contributed by atoms with Gasteiger partial charge in [-0.2, -0.15) is 4.98 Å². The Hall–Kier alpha value is -1.40. The SMILES string of the molecule is CC(N)Cc1cccc(Br)c1OCc1nc(C(C)C)no1. The second-order valence-corrected chi connectivity index (χ2v) is 6.25. The van der Waals surface area contributed by atoms with Crippen LogP contribution in [0.1, 0.15) is 44.0 Å². The Morgan fingerprint density at radius 2 is 2.10 bits per heavy atom. The summed E-state index contributed by atoms with van der Waals surface area (Å²) in [6.07, 6.45) is 0.746. The molecule has 0 saturated heterocycles. The van der Waals surface area contributed by atoms with Gasteiger partial charge < -0.3 is 15.0 Å². The molecule has 114 valence electrons. The molecule has 2 aromatic rings. The van der Waals surface area contributed by atoms with E-state index in [4.69, 9.17) is 15.0 Å². The zero-order valence-electron chi connectivity index (χ0n) is 12.5. The van der Waals surface area contributed by atoms with Gasteiger partial charge >= 0.3 is 0 Å². The lowest BCUT2D eigenvalue weighted by molar-refractivity contribution is 0.239. The van der Waals surface area contributed by atoms with Crippen molar-refractivity contribution in [2.75, 3.05) is 0 Å². The maximum Gasteiger partial charge on any atom is 0.264 e. The molecule has 0 fully saturated rings. The third kappa shape index (κ3) is 4.28. The van der Waals surface area contributed by atoms with Crippen LogP contribution in [0.3, 0.4) is 0 Å². The first kappa shape index (κ1) is 16.0. The minimum absolute atomic E-state index is 0.0672. The average molecular weight is 354 g/mol. The minimum Gasteiger partial charge on any atom is -0.482 e. The minimum atomic E-state index is 0.0672. The normalized spacial score (nSPS) is 12.7. The first-order valence-electron chi connectivity index (χ1n) is 6.95. The van der Waals surface area contributed by atoms with Gasteiger partial charge in [-0.15, -0.1) is 0 Å². The van der Waals surface area contributed by atoms with Crippen LogP contribution in [0.15, 0.2) is 27.2 Å². The van der Waals surface area contributed by atoms with Crippen molar-refractivity contribution in [3.8, 4) is 5.75 Å². The smallest absolute Gasteiger partial charge is 0.264 e. The van der Waals surface area contributed by atoms with Crippen LogP contribution in [0.5, 0.6) is 5.75 Å². The first-order chi connectivity index (χ1) is 9.97. The van der Waals surface area contributed by atoms with Crippen LogP contribution < -0.4 is 10.5 Å². The second-order valence-electron chi connectivity index (χ2n) is 5.40. The molecule has 0 aliphatic heterocycles. The third-order valence-electron chi connectivity index (χ3n) is 2.93. The molecule has 21 heavy (non-hydrogen) atoms. The van der Waals surface area contributed by atoms with Crippen LogP contribution in [0, 0.1) is 0 Å². The summed E-state index contributed by atoms with van der Waals surface area (Å²) in [6.45, 7) is 6.25. The molecule has 0 amide bonds. The van der Waals surface area contributed by atoms with Gasteiger partial charge in [0.05, 0.1) is 4.47 Å². The Labute approximate surface area is 133 Å². The fourth-order valence-corrected chi connectivity index (χ4v) is 2.44. The van der Waals surface area contributed by atoms with E-state index in [0.717, 1.165) is 22.2 Å². The van der Waals surface area contributed by atoms with Gasteiger partial charge in [-0.3, -0.25) is 0 Å². The number of benzene rings is 1.